The number of amides is 1. The van der Waals surface area contributed by atoms with Crippen molar-refractivity contribution in [2.75, 3.05) is 7.05 Å². The number of aryl methyl sites for hydroxylation is 1. The Morgan fingerprint density at radius 2 is 2.04 bits per heavy atom. The van der Waals surface area contributed by atoms with E-state index in [9.17, 15) is 14.9 Å². The zero-order valence-electron chi connectivity index (χ0n) is 14.4. The first-order valence-corrected chi connectivity index (χ1v) is 8.06. The minimum atomic E-state index is -0.584. The monoisotopic (exact) mass is 354 g/mol. The maximum atomic E-state index is 12.6. The van der Waals surface area contributed by atoms with Gasteiger partial charge in [0.15, 0.2) is 0 Å². The molecule has 0 bridgehead atoms. The fourth-order valence-electron chi connectivity index (χ4n) is 2.56. The maximum Gasteiger partial charge on any atom is 0.320 e. The first-order chi connectivity index (χ1) is 12.5. The van der Waals surface area contributed by atoms with Gasteiger partial charge in [0.05, 0.1) is 10.6 Å². The largest absolute Gasteiger partial charge is 0.336 e. The molecule has 0 fully saturated rings. The molecule has 0 unspecified atom stereocenters. The quantitative estimate of drug-likeness (QED) is 0.499. The highest BCUT2D eigenvalue weighted by Gasteiger charge is 2.27. The Morgan fingerprint density at radius 1 is 1.31 bits per heavy atom. The number of rotatable bonds is 6. The predicted octanol–water partition coefficient (Wildman–Crippen LogP) is 2.27. The first kappa shape index (κ1) is 17.3. The van der Waals surface area contributed by atoms with Crippen molar-refractivity contribution in [2.45, 2.75) is 20.0 Å². The number of hydrogen-bond acceptors (Lipinski definition) is 5. The minimum absolute atomic E-state index is 0.146. The first-order valence-electron chi connectivity index (χ1n) is 8.06. The maximum absolute atomic E-state index is 12.6. The number of carbonyl (C=O) groups is 1. The second-order valence-electron chi connectivity index (χ2n) is 5.75. The van der Waals surface area contributed by atoms with Crippen molar-refractivity contribution in [3.63, 3.8) is 0 Å². The zero-order valence-corrected chi connectivity index (χ0v) is 14.4. The highest BCUT2D eigenvalue weighted by molar-refractivity contribution is 5.95. The van der Waals surface area contributed by atoms with Gasteiger partial charge >= 0.3 is 5.69 Å². The average Bonchev–Trinajstić information content (AvgIpc) is 3.31. The molecule has 1 aromatic carbocycles. The molecule has 9 nitrogen and oxygen atoms in total. The molecule has 3 rings (SSSR count). The van der Waals surface area contributed by atoms with Crippen LogP contribution in [0.15, 0.2) is 48.9 Å². The molecule has 2 heterocycles. The standard InChI is InChI=1S/C17H18N6O3/c1-3-21-12-15(23(25)26)16(19-21)17(24)20(2)11-13-5-7-14(8-6-13)22-10-4-9-18-22/h4-10,12H,3,11H2,1-2H3. The minimum Gasteiger partial charge on any atom is -0.336 e. The molecule has 3 aromatic rings. The molecule has 0 spiro atoms. The van der Waals surface area contributed by atoms with Crippen molar-refractivity contribution in [2.24, 2.45) is 0 Å². The number of aromatic nitrogens is 4. The molecule has 0 saturated carbocycles. The summed E-state index contributed by atoms with van der Waals surface area (Å²) in [6, 6.07) is 9.41. The van der Waals surface area contributed by atoms with Crippen LogP contribution in [0.2, 0.25) is 0 Å². The molecule has 0 radical (unpaired) electrons. The summed E-state index contributed by atoms with van der Waals surface area (Å²) in [5.74, 6) is -0.486. The fourth-order valence-corrected chi connectivity index (χ4v) is 2.56. The third kappa shape index (κ3) is 3.46. The van der Waals surface area contributed by atoms with Crippen LogP contribution in [0.3, 0.4) is 0 Å². The Hall–Kier alpha value is -3.49. The average molecular weight is 354 g/mol. The zero-order chi connectivity index (χ0) is 18.7. The molecule has 9 heteroatoms. The van der Waals surface area contributed by atoms with Crippen LogP contribution in [0.25, 0.3) is 5.69 Å². The molecular formula is C17H18N6O3. The SMILES string of the molecule is CCn1cc([N+](=O)[O-])c(C(=O)N(C)Cc2ccc(-n3cccn3)cc2)n1. The highest BCUT2D eigenvalue weighted by Crippen LogP contribution is 2.19. The molecule has 26 heavy (non-hydrogen) atoms. The van der Waals surface area contributed by atoms with Crippen molar-refractivity contribution >= 4 is 11.6 Å². The van der Waals surface area contributed by atoms with Gasteiger partial charge in [-0.05, 0) is 30.7 Å². The van der Waals surface area contributed by atoms with Crippen molar-refractivity contribution < 1.29 is 9.72 Å². The summed E-state index contributed by atoms with van der Waals surface area (Å²) >= 11 is 0. The molecule has 0 aliphatic rings. The van der Waals surface area contributed by atoms with Gasteiger partial charge in [-0.1, -0.05) is 12.1 Å². The lowest BCUT2D eigenvalue weighted by molar-refractivity contribution is -0.385. The lowest BCUT2D eigenvalue weighted by atomic mass is 10.2. The predicted molar refractivity (Wildman–Crippen MR) is 93.9 cm³/mol. The Kier molecular flexibility index (Phi) is 4.78. The molecule has 0 atom stereocenters. The molecule has 0 aliphatic carbocycles. The summed E-state index contributed by atoms with van der Waals surface area (Å²) in [4.78, 5) is 24.6. The van der Waals surface area contributed by atoms with E-state index in [-0.39, 0.29) is 11.4 Å². The fraction of sp³-hybridized carbons (Fsp3) is 0.235. The van der Waals surface area contributed by atoms with Gasteiger partial charge < -0.3 is 4.90 Å². The van der Waals surface area contributed by atoms with Crippen LogP contribution in [0, 0.1) is 10.1 Å². The second kappa shape index (κ2) is 7.18. The molecule has 134 valence electrons. The molecule has 0 N–H and O–H groups in total. The number of hydrogen-bond donors (Lipinski definition) is 0. The van der Waals surface area contributed by atoms with Crippen LogP contribution < -0.4 is 0 Å². The van der Waals surface area contributed by atoms with E-state index in [1.54, 1.807) is 24.9 Å². The number of nitrogens with zero attached hydrogens (tertiary/aromatic N) is 6. The molecular weight excluding hydrogens is 336 g/mol. The molecule has 0 saturated heterocycles. The topological polar surface area (TPSA) is 99.1 Å². The molecule has 2 aromatic heterocycles. The lowest BCUT2D eigenvalue weighted by Gasteiger charge is -2.16. The summed E-state index contributed by atoms with van der Waals surface area (Å²) in [6.07, 6.45) is 4.82. The number of nitro groups is 1. The van der Waals surface area contributed by atoms with Gasteiger partial charge in [0.1, 0.15) is 6.20 Å². The number of carbonyl (C=O) groups excluding carboxylic acids is 1. The smallest absolute Gasteiger partial charge is 0.320 e. The van der Waals surface area contributed by atoms with E-state index in [2.05, 4.69) is 10.2 Å². The van der Waals surface area contributed by atoms with Crippen LogP contribution >= 0.6 is 0 Å². The van der Waals surface area contributed by atoms with Gasteiger partial charge in [0.2, 0.25) is 5.69 Å². The van der Waals surface area contributed by atoms with Crippen molar-refractivity contribution in [1.82, 2.24) is 24.5 Å². The van der Waals surface area contributed by atoms with Gasteiger partial charge in [-0.15, -0.1) is 0 Å². The summed E-state index contributed by atoms with van der Waals surface area (Å²) in [7, 11) is 1.60. The van der Waals surface area contributed by atoms with Crippen LogP contribution in [0.1, 0.15) is 23.0 Å². The van der Waals surface area contributed by atoms with E-state index >= 15 is 0 Å². The summed E-state index contributed by atoms with van der Waals surface area (Å²) in [5, 5.41) is 19.4. The van der Waals surface area contributed by atoms with Crippen LogP contribution in [-0.2, 0) is 13.1 Å². The van der Waals surface area contributed by atoms with E-state index in [0.717, 1.165) is 11.3 Å². The van der Waals surface area contributed by atoms with Crippen molar-refractivity contribution in [3.05, 3.63) is 70.3 Å². The summed E-state index contributed by atoms with van der Waals surface area (Å²) < 4.78 is 3.12. The third-order valence-corrected chi connectivity index (χ3v) is 3.94. The third-order valence-electron chi connectivity index (χ3n) is 3.94. The highest BCUT2D eigenvalue weighted by atomic mass is 16.6. The number of benzene rings is 1. The van der Waals surface area contributed by atoms with E-state index in [4.69, 9.17) is 0 Å². The van der Waals surface area contributed by atoms with Gasteiger partial charge in [0, 0.05) is 32.5 Å². The van der Waals surface area contributed by atoms with Gasteiger partial charge in [-0.25, -0.2) is 4.68 Å². The van der Waals surface area contributed by atoms with Gasteiger partial charge in [0.25, 0.3) is 5.91 Å². The second-order valence-corrected chi connectivity index (χ2v) is 5.75. The van der Waals surface area contributed by atoms with E-state index in [1.165, 1.54) is 15.8 Å². The van der Waals surface area contributed by atoms with Gasteiger partial charge in [-0.2, -0.15) is 10.2 Å². The lowest BCUT2D eigenvalue weighted by Crippen LogP contribution is -2.27. The molecule has 0 aliphatic heterocycles. The van der Waals surface area contributed by atoms with Crippen molar-refractivity contribution in [1.29, 1.82) is 0 Å². The Bertz CT molecular complexity index is 915. The summed E-state index contributed by atoms with van der Waals surface area (Å²) in [5.41, 5.74) is 1.38. The Balaban J connectivity index is 1.75. The van der Waals surface area contributed by atoms with Crippen LogP contribution in [-0.4, -0.2) is 42.3 Å². The summed E-state index contributed by atoms with van der Waals surface area (Å²) in [6.45, 7) is 2.57. The van der Waals surface area contributed by atoms with E-state index < -0.39 is 10.8 Å². The van der Waals surface area contributed by atoms with Crippen LogP contribution in [0.5, 0.6) is 0 Å². The van der Waals surface area contributed by atoms with E-state index in [1.807, 2.05) is 36.5 Å². The van der Waals surface area contributed by atoms with E-state index in [0.29, 0.717) is 13.1 Å². The normalized spacial score (nSPS) is 10.7. The Morgan fingerprint density at radius 3 is 2.62 bits per heavy atom. The Labute approximate surface area is 149 Å². The van der Waals surface area contributed by atoms with Gasteiger partial charge in [-0.3, -0.25) is 19.6 Å². The molecule has 1 amide bonds. The van der Waals surface area contributed by atoms with Crippen molar-refractivity contribution in [3.8, 4) is 5.69 Å². The van der Waals surface area contributed by atoms with Crippen LogP contribution in [0.4, 0.5) is 5.69 Å².